The summed E-state index contributed by atoms with van der Waals surface area (Å²) in [6.07, 6.45) is 4.85. The standard InChI is InChI=1S/C15H28O6S/c1-15(2,3)21-14(16)11-19-9-12-5-7-13(8-6-12)10-20-22(4,17)18/h12-13H,5-11H2,1-4H3. The first-order chi connectivity index (χ1) is 10.1. The van der Waals surface area contributed by atoms with Gasteiger partial charge in [0.2, 0.25) is 0 Å². The summed E-state index contributed by atoms with van der Waals surface area (Å²) in [5.74, 6) is 0.358. The van der Waals surface area contributed by atoms with Crippen LogP contribution < -0.4 is 0 Å². The highest BCUT2D eigenvalue weighted by molar-refractivity contribution is 7.85. The van der Waals surface area contributed by atoms with Crippen LogP contribution in [-0.2, 0) is 28.6 Å². The molecule has 130 valence electrons. The van der Waals surface area contributed by atoms with Crippen LogP contribution in [0.2, 0.25) is 0 Å². The number of hydrogen-bond donors (Lipinski definition) is 0. The maximum absolute atomic E-state index is 11.5. The molecule has 0 aromatic carbocycles. The average molecular weight is 336 g/mol. The zero-order valence-corrected chi connectivity index (χ0v) is 14.8. The SMILES string of the molecule is CC(C)(C)OC(=O)COCC1CCC(COS(C)(=O)=O)CC1. The van der Waals surface area contributed by atoms with Crippen molar-refractivity contribution in [1.29, 1.82) is 0 Å². The summed E-state index contributed by atoms with van der Waals surface area (Å²) < 4.78 is 37.4. The summed E-state index contributed by atoms with van der Waals surface area (Å²) in [4.78, 5) is 11.5. The van der Waals surface area contributed by atoms with E-state index < -0.39 is 15.7 Å². The van der Waals surface area contributed by atoms with E-state index in [4.69, 9.17) is 13.7 Å². The van der Waals surface area contributed by atoms with Crippen molar-refractivity contribution in [2.75, 3.05) is 26.1 Å². The van der Waals surface area contributed by atoms with Gasteiger partial charge in [0, 0.05) is 0 Å². The fourth-order valence-corrected chi connectivity index (χ4v) is 2.90. The Labute approximate surface area is 133 Å². The molecule has 6 nitrogen and oxygen atoms in total. The van der Waals surface area contributed by atoms with E-state index in [9.17, 15) is 13.2 Å². The van der Waals surface area contributed by atoms with Gasteiger partial charge in [0.1, 0.15) is 12.2 Å². The Kier molecular flexibility index (Phi) is 7.28. The van der Waals surface area contributed by atoms with E-state index in [2.05, 4.69) is 0 Å². The predicted molar refractivity (Wildman–Crippen MR) is 82.9 cm³/mol. The molecule has 0 spiro atoms. The quantitative estimate of drug-likeness (QED) is 0.523. The number of carbonyl (C=O) groups excluding carboxylic acids is 1. The van der Waals surface area contributed by atoms with Crippen LogP contribution in [0.3, 0.4) is 0 Å². The van der Waals surface area contributed by atoms with Gasteiger partial charge in [-0.3, -0.25) is 4.18 Å². The Bertz CT molecular complexity index is 443. The van der Waals surface area contributed by atoms with Crippen LogP contribution in [0.25, 0.3) is 0 Å². The normalized spacial score (nSPS) is 23.3. The number of rotatable bonds is 7. The molecule has 0 radical (unpaired) electrons. The fraction of sp³-hybridized carbons (Fsp3) is 0.933. The molecule has 1 aliphatic carbocycles. The van der Waals surface area contributed by atoms with Crippen molar-refractivity contribution in [3.63, 3.8) is 0 Å². The highest BCUT2D eigenvalue weighted by Gasteiger charge is 2.23. The molecular formula is C15H28O6S. The lowest BCUT2D eigenvalue weighted by molar-refractivity contribution is -0.160. The first-order valence-corrected chi connectivity index (χ1v) is 9.51. The highest BCUT2D eigenvalue weighted by Crippen LogP contribution is 2.29. The van der Waals surface area contributed by atoms with Crippen molar-refractivity contribution in [3.05, 3.63) is 0 Å². The summed E-state index contributed by atoms with van der Waals surface area (Å²) in [7, 11) is -3.35. The predicted octanol–water partition coefficient (Wildman–Crippen LogP) is 2.13. The largest absolute Gasteiger partial charge is 0.458 e. The Balaban J connectivity index is 2.14. The van der Waals surface area contributed by atoms with E-state index in [0.717, 1.165) is 31.9 Å². The molecular weight excluding hydrogens is 308 g/mol. The number of hydrogen-bond acceptors (Lipinski definition) is 6. The summed E-state index contributed by atoms with van der Waals surface area (Å²) >= 11 is 0. The molecule has 22 heavy (non-hydrogen) atoms. The van der Waals surface area contributed by atoms with Gasteiger partial charge >= 0.3 is 5.97 Å². The third kappa shape index (κ3) is 9.38. The minimum Gasteiger partial charge on any atom is -0.458 e. The first kappa shape index (κ1) is 19.4. The van der Waals surface area contributed by atoms with Crippen molar-refractivity contribution < 1.29 is 26.9 Å². The second-order valence-corrected chi connectivity index (χ2v) is 8.62. The maximum atomic E-state index is 11.5. The number of ether oxygens (including phenoxy) is 2. The number of esters is 1. The smallest absolute Gasteiger partial charge is 0.332 e. The third-order valence-electron chi connectivity index (χ3n) is 3.48. The minimum absolute atomic E-state index is 0.0195. The van der Waals surface area contributed by atoms with E-state index in [1.54, 1.807) is 0 Å². The van der Waals surface area contributed by atoms with Gasteiger partial charge < -0.3 is 9.47 Å². The molecule has 0 unspecified atom stereocenters. The topological polar surface area (TPSA) is 78.9 Å². The minimum atomic E-state index is -3.35. The van der Waals surface area contributed by atoms with Gasteiger partial charge in [0.25, 0.3) is 10.1 Å². The van der Waals surface area contributed by atoms with Crippen LogP contribution in [0.15, 0.2) is 0 Å². The Morgan fingerprint density at radius 2 is 1.55 bits per heavy atom. The lowest BCUT2D eigenvalue weighted by Gasteiger charge is -2.28. The van der Waals surface area contributed by atoms with E-state index in [0.29, 0.717) is 12.5 Å². The molecule has 0 aliphatic heterocycles. The average Bonchev–Trinajstić information content (AvgIpc) is 2.35. The summed E-state index contributed by atoms with van der Waals surface area (Å²) in [6.45, 7) is 6.26. The Hall–Kier alpha value is -0.660. The summed E-state index contributed by atoms with van der Waals surface area (Å²) in [6, 6.07) is 0. The zero-order chi connectivity index (χ0) is 16.8. The Morgan fingerprint density at radius 3 is 2.00 bits per heavy atom. The van der Waals surface area contributed by atoms with E-state index in [1.807, 2.05) is 20.8 Å². The van der Waals surface area contributed by atoms with Gasteiger partial charge in [-0.25, -0.2) is 4.79 Å². The molecule has 0 amide bonds. The van der Waals surface area contributed by atoms with Gasteiger partial charge in [0.05, 0.1) is 19.5 Å². The molecule has 0 atom stereocenters. The Morgan fingerprint density at radius 1 is 1.05 bits per heavy atom. The third-order valence-corrected chi connectivity index (χ3v) is 4.04. The second kappa shape index (κ2) is 8.26. The lowest BCUT2D eigenvalue weighted by Crippen LogP contribution is -2.28. The van der Waals surface area contributed by atoms with E-state index in [1.165, 1.54) is 0 Å². The van der Waals surface area contributed by atoms with Crippen molar-refractivity contribution in [3.8, 4) is 0 Å². The van der Waals surface area contributed by atoms with Crippen LogP contribution in [-0.4, -0.2) is 46.1 Å². The molecule has 1 saturated carbocycles. The van der Waals surface area contributed by atoms with Crippen molar-refractivity contribution in [2.45, 2.75) is 52.1 Å². The van der Waals surface area contributed by atoms with E-state index >= 15 is 0 Å². The highest BCUT2D eigenvalue weighted by atomic mass is 32.2. The van der Waals surface area contributed by atoms with Crippen LogP contribution in [0.5, 0.6) is 0 Å². The van der Waals surface area contributed by atoms with Crippen LogP contribution in [0, 0.1) is 11.8 Å². The summed E-state index contributed by atoms with van der Waals surface area (Å²) in [5, 5.41) is 0. The monoisotopic (exact) mass is 336 g/mol. The van der Waals surface area contributed by atoms with E-state index in [-0.39, 0.29) is 25.1 Å². The molecule has 0 heterocycles. The molecule has 0 saturated heterocycles. The molecule has 0 aromatic rings. The second-order valence-electron chi connectivity index (χ2n) is 6.98. The summed E-state index contributed by atoms with van der Waals surface area (Å²) in [5.41, 5.74) is -0.488. The molecule has 1 rings (SSSR count). The van der Waals surface area contributed by atoms with Gasteiger partial charge in [-0.15, -0.1) is 0 Å². The van der Waals surface area contributed by atoms with Crippen LogP contribution in [0.4, 0.5) is 0 Å². The van der Waals surface area contributed by atoms with Crippen molar-refractivity contribution in [1.82, 2.24) is 0 Å². The molecule has 1 fully saturated rings. The van der Waals surface area contributed by atoms with Gasteiger partial charge in [-0.2, -0.15) is 8.42 Å². The van der Waals surface area contributed by atoms with Gasteiger partial charge in [0.15, 0.2) is 0 Å². The van der Waals surface area contributed by atoms with Crippen LogP contribution >= 0.6 is 0 Å². The molecule has 0 N–H and O–H groups in total. The maximum Gasteiger partial charge on any atom is 0.332 e. The molecule has 0 aromatic heterocycles. The van der Waals surface area contributed by atoms with Gasteiger partial charge in [-0.1, -0.05) is 0 Å². The molecule has 7 heteroatoms. The van der Waals surface area contributed by atoms with Crippen LogP contribution in [0.1, 0.15) is 46.5 Å². The van der Waals surface area contributed by atoms with Gasteiger partial charge in [-0.05, 0) is 58.3 Å². The van der Waals surface area contributed by atoms with Crippen molar-refractivity contribution >= 4 is 16.1 Å². The molecule has 0 bridgehead atoms. The molecule has 1 aliphatic rings. The fourth-order valence-electron chi connectivity index (χ4n) is 2.46. The lowest BCUT2D eigenvalue weighted by atomic mass is 9.83. The van der Waals surface area contributed by atoms with Crippen molar-refractivity contribution in [2.24, 2.45) is 11.8 Å². The number of carbonyl (C=O) groups is 1. The zero-order valence-electron chi connectivity index (χ0n) is 14.0. The first-order valence-electron chi connectivity index (χ1n) is 7.69.